The largest absolute Gasteiger partial charge is 0.321 e. The zero-order valence-corrected chi connectivity index (χ0v) is 44.8. The molecule has 2 unspecified atom stereocenters. The molecule has 2 atom stereocenters. The summed E-state index contributed by atoms with van der Waals surface area (Å²) in [7, 11) is 0. The predicted molar refractivity (Wildman–Crippen MR) is 329 cm³/mol. The van der Waals surface area contributed by atoms with E-state index in [-0.39, 0.29) is 34.3 Å². The Morgan fingerprint density at radius 1 is 0.239 bits per heavy atom. The van der Waals surface area contributed by atoms with Crippen molar-refractivity contribution in [1.82, 2.24) is 90.0 Å². The van der Waals surface area contributed by atoms with Crippen molar-refractivity contribution in [2.24, 2.45) is 30.0 Å². The normalized spacial score (nSPS) is 16.7. The molecule has 24 heteroatoms. The summed E-state index contributed by atoms with van der Waals surface area (Å²) < 4.78 is 0. The highest BCUT2D eigenvalue weighted by Crippen LogP contribution is 2.41. The first-order chi connectivity index (χ1) is 43.6. The second-order valence-corrected chi connectivity index (χ2v) is 21.5. The van der Waals surface area contributed by atoms with E-state index in [2.05, 4.69) is 10.3 Å². The smallest absolute Gasteiger partial charge is 0.184 e. The van der Waals surface area contributed by atoms with E-state index in [1.54, 1.807) is 49.6 Å². The predicted octanol–water partition coefficient (Wildman–Crippen LogP) is 8.29. The molecule has 0 amide bonds. The number of aliphatic imine (C=N–C) groups is 4. The lowest BCUT2D eigenvalue weighted by molar-refractivity contribution is 0.516. The third kappa shape index (κ3) is 6.07. The second-order valence-electron chi connectivity index (χ2n) is 21.5. The van der Waals surface area contributed by atoms with Crippen molar-refractivity contribution < 1.29 is 0 Å². The summed E-state index contributed by atoms with van der Waals surface area (Å²) in [4.78, 5) is 118. The first kappa shape index (κ1) is 45.8. The van der Waals surface area contributed by atoms with Crippen molar-refractivity contribution in [3.63, 3.8) is 0 Å². The molecule has 4 aliphatic heterocycles. The Bertz CT molecular complexity index is 6130. The molecule has 0 saturated heterocycles. The van der Waals surface area contributed by atoms with Crippen molar-refractivity contribution in [3.05, 3.63) is 192 Å². The van der Waals surface area contributed by atoms with E-state index in [9.17, 15) is 0 Å². The van der Waals surface area contributed by atoms with Gasteiger partial charge < -0.3 is 4.98 Å². The van der Waals surface area contributed by atoms with Crippen LogP contribution in [0.25, 0.3) is 142 Å². The Balaban J connectivity index is 0.916. The fourth-order valence-corrected chi connectivity index (χ4v) is 13.0. The summed E-state index contributed by atoms with van der Waals surface area (Å²) in [5.41, 5.74) is 13.7. The first-order valence-corrected chi connectivity index (χ1v) is 28.0. The van der Waals surface area contributed by atoms with Crippen LogP contribution in [0.1, 0.15) is 46.5 Å². The number of amidine groups is 4. The van der Waals surface area contributed by atoms with Gasteiger partial charge >= 0.3 is 0 Å². The Morgan fingerprint density at radius 2 is 0.489 bits per heavy atom. The second kappa shape index (κ2) is 16.6. The molecule has 88 heavy (non-hydrogen) atoms. The third-order valence-electron chi connectivity index (χ3n) is 16.8. The Labute approximate surface area is 487 Å². The number of nitrogens with zero attached hydrogens (tertiary/aromatic N) is 22. The Kier molecular flexibility index (Phi) is 8.61. The molecule has 0 spiro atoms. The first-order valence-electron chi connectivity index (χ1n) is 28.0. The van der Waals surface area contributed by atoms with Gasteiger partial charge in [-0.2, -0.15) is 0 Å². The van der Waals surface area contributed by atoms with E-state index < -0.39 is 12.3 Å². The molecule has 24 nitrogen and oxygen atoms in total. The van der Waals surface area contributed by atoms with Gasteiger partial charge in [-0.05, 0) is 97.1 Å². The van der Waals surface area contributed by atoms with Crippen molar-refractivity contribution in [2.45, 2.75) is 12.3 Å². The summed E-state index contributed by atoms with van der Waals surface area (Å²) >= 11 is 0. The number of benzene rings is 4. The number of aromatic amines is 1. The number of pyridine rings is 8. The molecule has 0 saturated carbocycles. The fraction of sp³-hybridized carbons (Fsp3) is 0.0312. The maximum atomic E-state index is 5.50. The summed E-state index contributed by atoms with van der Waals surface area (Å²) in [6.45, 7) is 0. The van der Waals surface area contributed by atoms with E-state index >= 15 is 0 Å². The number of hydrogen-bond acceptors (Lipinski definition) is 23. The number of nitrogens with one attached hydrogen (secondary N) is 2. The molecule has 2 N–H and O–H groups in total. The number of rotatable bonds is 0. The van der Waals surface area contributed by atoms with Crippen LogP contribution in [0.3, 0.4) is 0 Å². The van der Waals surface area contributed by atoms with Crippen molar-refractivity contribution in [1.29, 1.82) is 0 Å². The number of fused-ring (bicyclic) bond motifs is 42. The van der Waals surface area contributed by atoms with Crippen LogP contribution in [0.15, 0.2) is 177 Å². The maximum absolute atomic E-state index is 5.50. The number of H-pyrrole nitrogens is 1. The van der Waals surface area contributed by atoms with Gasteiger partial charge in [-0.1, -0.05) is 0 Å². The van der Waals surface area contributed by atoms with Crippen LogP contribution in [0.4, 0.5) is 0 Å². The minimum Gasteiger partial charge on any atom is -0.321 e. The standard InChI is InChI=1S/C64H28N24/c1-9-25-33(65-17-1)34-26(10-2-18-66-34)42-41(25)73-49-50(74-42)58-81-57(49)85-59-51-52(76-44-28-12-4-20-68-36(28)35-27(43(44)75-51)11-3-19-67-35)61(82-59)87-63-55-56(80-48-32-16-8-24-72-40(32)39-31(47(48)79-55)15-7-23-71-39)64(84-63)88-62-54-53(60(83-62)86-58)77-45-29-13-5-21-69-37(29)38-30(46(45)78-54)14-6-22-70-38/h1-24,57-58,81H,(H,82,83,84,85,86,87,88). The Morgan fingerprint density at radius 3 is 0.773 bits per heavy atom. The lowest BCUT2D eigenvalue weighted by atomic mass is 10.1. The molecule has 0 fully saturated rings. The quantitative estimate of drug-likeness (QED) is 0.135. The maximum Gasteiger partial charge on any atom is 0.184 e. The van der Waals surface area contributed by atoms with Gasteiger partial charge in [-0.15, -0.1) is 0 Å². The third-order valence-corrected chi connectivity index (χ3v) is 16.8. The van der Waals surface area contributed by atoms with Gasteiger partial charge in [0.15, 0.2) is 34.3 Å². The zero-order chi connectivity index (χ0) is 57.0. The van der Waals surface area contributed by atoms with Crippen molar-refractivity contribution >= 4 is 166 Å². The monoisotopic (exact) mass is 1130 g/mol. The van der Waals surface area contributed by atoms with Gasteiger partial charge in [0.05, 0.1) is 88.3 Å². The van der Waals surface area contributed by atoms with Crippen LogP contribution in [0.5, 0.6) is 0 Å². The summed E-state index contributed by atoms with van der Waals surface area (Å²) in [6.07, 6.45) is 12.1. The lowest BCUT2D eigenvalue weighted by Gasteiger charge is -2.11. The molecule has 404 valence electrons. The van der Waals surface area contributed by atoms with Gasteiger partial charge in [-0.3, -0.25) is 45.2 Å². The van der Waals surface area contributed by atoms with Gasteiger partial charge in [0.2, 0.25) is 0 Å². The average Bonchev–Trinajstić information content (AvgIpc) is 1.50. The zero-order valence-electron chi connectivity index (χ0n) is 44.8. The molecule has 21 rings (SSSR count). The summed E-state index contributed by atoms with van der Waals surface area (Å²) in [6, 6.07) is 30.7. The highest BCUT2D eigenvalue weighted by Gasteiger charge is 2.39. The molecule has 13 aromatic heterocycles. The van der Waals surface area contributed by atoms with Gasteiger partial charge in [0.1, 0.15) is 57.5 Å². The molecular weight excluding hydrogens is 1100 g/mol. The summed E-state index contributed by atoms with van der Waals surface area (Å²) in [5, 5.41) is 9.69. The molecule has 17 aromatic rings. The van der Waals surface area contributed by atoms with Crippen molar-refractivity contribution in [3.8, 4) is 0 Å². The molecule has 4 aliphatic rings. The minimum absolute atomic E-state index is 0.184. The van der Waals surface area contributed by atoms with Gasteiger partial charge in [0.25, 0.3) is 0 Å². The molecule has 17 heterocycles. The molecule has 4 aromatic carbocycles. The minimum atomic E-state index is -0.944. The Hall–Kier alpha value is -12.7. The molecule has 0 radical (unpaired) electrons. The van der Waals surface area contributed by atoms with E-state index in [1.807, 2.05) is 97.1 Å². The van der Waals surface area contributed by atoms with E-state index in [0.29, 0.717) is 133 Å². The highest BCUT2D eigenvalue weighted by molar-refractivity contribution is 6.28. The van der Waals surface area contributed by atoms with Gasteiger partial charge in [0, 0.05) is 92.7 Å². The molecule has 8 bridgehead atoms. The van der Waals surface area contributed by atoms with E-state index in [4.69, 9.17) is 110 Å². The summed E-state index contributed by atoms with van der Waals surface area (Å²) in [5.74, 6) is 0.795. The lowest BCUT2D eigenvalue weighted by Crippen LogP contribution is -2.18. The topological polar surface area (TPSA) is 308 Å². The SMILES string of the molecule is c1cnc2c(c1)c1nc3c(nc1c1cccnc12)C1=NC2NC(/N=C4\N=C(N=c5[nH]c(c6nc7c8cccnc8c8ncccc8c7nc56)=NC3=N1)c1nc3c5cccnc5c5ncccc5c3nc14)c1nc3c4cccnc4c4ncccc4c3nc12. The number of aromatic nitrogens is 17. The van der Waals surface area contributed by atoms with Crippen LogP contribution < -0.4 is 16.3 Å². The molecule has 0 aliphatic carbocycles. The van der Waals surface area contributed by atoms with E-state index in [0.717, 1.165) is 43.1 Å². The molecular formula is C64H28N24. The highest BCUT2D eigenvalue weighted by atomic mass is 15.3. The van der Waals surface area contributed by atoms with Crippen LogP contribution >= 0.6 is 0 Å². The van der Waals surface area contributed by atoms with Crippen LogP contribution in [-0.2, 0) is 0 Å². The fourth-order valence-electron chi connectivity index (χ4n) is 13.0. The van der Waals surface area contributed by atoms with E-state index in [1.165, 1.54) is 0 Å². The van der Waals surface area contributed by atoms with Crippen molar-refractivity contribution in [2.75, 3.05) is 0 Å². The van der Waals surface area contributed by atoms with Crippen LogP contribution in [0, 0.1) is 0 Å². The van der Waals surface area contributed by atoms with Crippen LogP contribution in [-0.4, -0.2) is 108 Å². The van der Waals surface area contributed by atoms with Crippen LogP contribution in [0.2, 0.25) is 0 Å². The average molecular weight is 1130 g/mol. The van der Waals surface area contributed by atoms with Gasteiger partial charge in [-0.25, -0.2) is 69.8 Å². The number of hydrogen-bond donors (Lipinski definition) is 2.